The molecule has 4 aromatic rings. The highest BCUT2D eigenvalue weighted by Crippen LogP contribution is 2.50. The number of aromatic hydroxyl groups is 1. The number of allylic oxidation sites excluding steroid dienone is 2. The van der Waals surface area contributed by atoms with Crippen molar-refractivity contribution in [2.45, 2.75) is 25.3 Å². The molecule has 1 aliphatic carbocycles. The molecule has 4 aromatic carbocycles. The summed E-state index contributed by atoms with van der Waals surface area (Å²) >= 11 is 0. The number of hydrazone groups is 1. The number of rotatable bonds is 5. The highest BCUT2D eigenvalue weighted by Gasteiger charge is 2.38. The molecule has 6 rings (SSSR count). The zero-order valence-electron chi connectivity index (χ0n) is 21.3. The number of anilines is 1. The minimum Gasteiger partial charge on any atom is -0.507 e. The molecule has 2 aliphatic rings. The molecule has 0 fully saturated rings. The second kappa shape index (κ2) is 9.71. The first-order valence-electron chi connectivity index (χ1n) is 12.8. The minimum atomic E-state index is -0.451. The van der Waals surface area contributed by atoms with E-state index in [2.05, 4.69) is 52.3 Å². The Kier molecular flexibility index (Phi) is 6.08. The van der Waals surface area contributed by atoms with Gasteiger partial charge >= 0.3 is 0 Å². The average molecular weight is 504 g/mol. The van der Waals surface area contributed by atoms with E-state index < -0.39 is 5.91 Å². The maximum atomic E-state index is 12.8. The van der Waals surface area contributed by atoms with Crippen molar-refractivity contribution in [1.29, 1.82) is 0 Å². The predicted octanol–water partition coefficient (Wildman–Crippen LogP) is 6.53. The standard InChI is InChI=1S/C32H29N3O3/c1-19(34-35-32(37)28-17-22-6-3-4-7-23(22)18-30(28)36)21-12-15-29-27(16-21)25-8-5-9-26(25)31(33-29)20-10-13-24(38-2)14-11-20/h3-8,10-18,25-26,31,33,36H,9H2,1-2H3,(H,35,37)/b34-19-/t25-,26+,31+/m1/s1. The number of hydrogen-bond acceptors (Lipinski definition) is 5. The van der Waals surface area contributed by atoms with Gasteiger partial charge in [0.25, 0.3) is 5.91 Å². The molecule has 0 unspecified atom stereocenters. The van der Waals surface area contributed by atoms with Crippen molar-refractivity contribution in [1.82, 2.24) is 5.43 Å². The molecule has 38 heavy (non-hydrogen) atoms. The van der Waals surface area contributed by atoms with Crippen molar-refractivity contribution in [3.8, 4) is 11.5 Å². The van der Waals surface area contributed by atoms with Crippen molar-refractivity contribution < 1.29 is 14.6 Å². The lowest BCUT2D eigenvalue weighted by atomic mass is 9.76. The molecule has 0 saturated heterocycles. The molecule has 0 spiro atoms. The Morgan fingerprint density at radius 2 is 1.79 bits per heavy atom. The summed E-state index contributed by atoms with van der Waals surface area (Å²) in [6, 6.07) is 25.7. The number of nitrogens with one attached hydrogen (secondary N) is 2. The number of carbonyl (C=O) groups excluding carboxylic acids is 1. The molecular formula is C32H29N3O3. The number of carbonyl (C=O) groups is 1. The van der Waals surface area contributed by atoms with Gasteiger partial charge in [0, 0.05) is 11.6 Å². The van der Waals surface area contributed by atoms with Crippen molar-refractivity contribution in [2.75, 3.05) is 12.4 Å². The van der Waals surface area contributed by atoms with Crippen molar-refractivity contribution in [3.63, 3.8) is 0 Å². The van der Waals surface area contributed by atoms with Gasteiger partial charge in [0.05, 0.1) is 24.4 Å². The van der Waals surface area contributed by atoms with Crippen molar-refractivity contribution in [3.05, 3.63) is 113 Å². The van der Waals surface area contributed by atoms with E-state index >= 15 is 0 Å². The molecule has 1 heterocycles. The lowest BCUT2D eigenvalue weighted by molar-refractivity contribution is 0.0952. The monoisotopic (exact) mass is 503 g/mol. The van der Waals surface area contributed by atoms with Gasteiger partial charge < -0.3 is 15.2 Å². The van der Waals surface area contributed by atoms with Crippen LogP contribution < -0.4 is 15.5 Å². The lowest BCUT2D eigenvalue weighted by Crippen LogP contribution is -2.29. The van der Waals surface area contributed by atoms with Crippen LogP contribution in [0, 0.1) is 5.92 Å². The van der Waals surface area contributed by atoms with Gasteiger partial charge in [0.1, 0.15) is 11.5 Å². The first-order valence-corrected chi connectivity index (χ1v) is 12.8. The van der Waals surface area contributed by atoms with Crippen LogP contribution in [0.15, 0.2) is 96.1 Å². The molecule has 3 N–H and O–H groups in total. The summed E-state index contributed by atoms with van der Waals surface area (Å²) in [5, 5.41) is 20.3. The summed E-state index contributed by atoms with van der Waals surface area (Å²) in [5.74, 6) is 1.05. The molecule has 3 atom stereocenters. The van der Waals surface area contributed by atoms with Crippen LogP contribution in [0.3, 0.4) is 0 Å². The predicted molar refractivity (Wildman–Crippen MR) is 151 cm³/mol. The van der Waals surface area contributed by atoms with Crippen LogP contribution in [0.25, 0.3) is 10.8 Å². The number of methoxy groups -OCH3 is 1. The minimum absolute atomic E-state index is 0.0700. The molecule has 0 radical (unpaired) electrons. The Labute approximate surface area is 221 Å². The number of hydrogen-bond donors (Lipinski definition) is 3. The number of phenols is 1. The molecule has 190 valence electrons. The summed E-state index contributed by atoms with van der Waals surface area (Å²) < 4.78 is 5.33. The average Bonchev–Trinajstić information content (AvgIpc) is 3.45. The zero-order chi connectivity index (χ0) is 26.2. The van der Waals surface area contributed by atoms with E-state index in [1.165, 1.54) is 11.1 Å². The summed E-state index contributed by atoms with van der Waals surface area (Å²) in [7, 11) is 1.68. The van der Waals surface area contributed by atoms with E-state index in [0.29, 0.717) is 17.5 Å². The van der Waals surface area contributed by atoms with Gasteiger partial charge in [-0.25, -0.2) is 5.43 Å². The van der Waals surface area contributed by atoms with Crippen LogP contribution in [0.5, 0.6) is 11.5 Å². The first kappa shape index (κ1) is 23.8. The van der Waals surface area contributed by atoms with E-state index in [9.17, 15) is 9.90 Å². The Morgan fingerprint density at radius 1 is 1.03 bits per heavy atom. The topological polar surface area (TPSA) is 83.0 Å². The summed E-state index contributed by atoms with van der Waals surface area (Å²) in [6.45, 7) is 1.88. The number of ether oxygens (including phenoxy) is 1. The number of amides is 1. The quantitative estimate of drug-likeness (QED) is 0.164. The first-order chi connectivity index (χ1) is 18.5. The van der Waals surface area contributed by atoms with Crippen molar-refractivity contribution in [2.24, 2.45) is 11.0 Å². The van der Waals surface area contributed by atoms with Crippen LogP contribution in [-0.2, 0) is 0 Å². The third-order valence-electron chi connectivity index (χ3n) is 7.69. The van der Waals surface area contributed by atoms with E-state index in [1.807, 2.05) is 49.4 Å². The van der Waals surface area contributed by atoms with Gasteiger partial charge in [0.2, 0.25) is 0 Å². The second-order valence-electron chi connectivity index (χ2n) is 9.91. The van der Waals surface area contributed by atoms with Gasteiger partial charge in [-0.3, -0.25) is 4.79 Å². The lowest BCUT2D eigenvalue weighted by Gasteiger charge is -2.37. The highest BCUT2D eigenvalue weighted by atomic mass is 16.5. The smallest absolute Gasteiger partial charge is 0.275 e. The van der Waals surface area contributed by atoms with Crippen LogP contribution in [0.4, 0.5) is 5.69 Å². The highest BCUT2D eigenvalue weighted by molar-refractivity contribution is 6.04. The number of nitrogens with zero attached hydrogens (tertiary/aromatic N) is 1. The molecule has 6 heteroatoms. The molecular weight excluding hydrogens is 474 g/mol. The van der Waals surface area contributed by atoms with Gasteiger partial charge in [-0.2, -0.15) is 5.10 Å². The van der Waals surface area contributed by atoms with Gasteiger partial charge in [-0.1, -0.05) is 54.6 Å². The Hall–Kier alpha value is -4.58. The SMILES string of the molecule is COc1ccc([C@@H]2Nc3ccc(/C(C)=N\NC(=O)c4cc5ccccc5cc4O)cc3[C@@H]3C=CC[C@@H]32)cc1. The number of benzene rings is 4. The fourth-order valence-electron chi connectivity index (χ4n) is 5.63. The fourth-order valence-corrected chi connectivity index (χ4v) is 5.63. The van der Waals surface area contributed by atoms with E-state index in [1.54, 1.807) is 19.2 Å². The third-order valence-corrected chi connectivity index (χ3v) is 7.69. The van der Waals surface area contributed by atoms with E-state index in [-0.39, 0.29) is 17.4 Å². The Bertz CT molecular complexity index is 1590. The number of fused-ring (bicyclic) bond motifs is 4. The molecule has 0 aromatic heterocycles. The second-order valence-corrected chi connectivity index (χ2v) is 9.91. The molecule has 0 saturated carbocycles. The van der Waals surface area contributed by atoms with Gasteiger partial charge in [-0.15, -0.1) is 0 Å². The molecule has 6 nitrogen and oxygen atoms in total. The van der Waals surface area contributed by atoms with Crippen LogP contribution in [0.1, 0.15) is 52.4 Å². The van der Waals surface area contributed by atoms with Gasteiger partial charge in [-0.05, 0) is 83.1 Å². The van der Waals surface area contributed by atoms with Crippen LogP contribution >= 0.6 is 0 Å². The largest absolute Gasteiger partial charge is 0.507 e. The normalized spacial score (nSPS) is 19.9. The molecule has 1 amide bonds. The summed E-state index contributed by atoms with van der Waals surface area (Å²) in [6.07, 6.45) is 5.59. The Morgan fingerprint density at radius 3 is 2.55 bits per heavy atom. The van der Waals surface area contributed by atoms with Crippen LogP contribution in [-0.4, -0.2) is 23.8 Å². The fraction of sp³-hybridized carbons (Fsp3) is 0.188. The van der Waals surface area contributed by atoms with Gasteiger partial charge in [0.15, 0.2) is 0 Å². The molecule has 0 bridgehead atoms. The van der Waals surface area contributed by atoms with Crippen LogP contribution in [0.2, 0.25) is 0 Å². The maximum absolute atomic E-state index is 12.8. The van der Waals surface area contributed by atoms with E-state index in [4.69, 9.17) is 4.74 Å². The van der Waals surface area contributed by atoms with E-state index in [0.717, 1.165) is 34.2 Å². The summed E-state index contributed by atoms with van der Waals surface area (Å²) in [5.41, 5.74) is 8.03. The van der Waals surface area contributed by atoms with Crippen molar-refractivity contribution >= 4 is 28.1 Å². The third kappa shape index (κ3) is 4.28. The zero-order valence-corrected chi connectivity index (χ0v) is 21.3. The number of phenolic OH excluding ortho intramolecular Hbond substituents is 1. The Balaban J connectivity index is 1.24. The maximum Gasteiger partial charge on any atom is 0.275 e. The molecule has 1 aliphatic heterocycles. The summed E-state index contributed by atoms with van der Waals surface area (Å²) in [4.78, 5) is 12.8.